The highest BCUT2D eigenvalue weighted by Gasteiger charge is 2.21. The number of hydrogen-bond donors (Lipinski definition) is 2. The second-order valence-electron chi connectivity index (χ2n) is 3.48. The maximum absolute atomic E-state index is 11.2. The molecule has 0 aromatic rings. The Kier molecular flexibility index (Phi) is 5.87. The predicted octanol–water partition coefficient (Wildman–Crippen LogP) is -0.351. The topological polar surface area (TPSA) is 81.4 Å². The second-order valence-corrected chi connectivity index (χ2v) is 3.48. The zero-order valence-corrected chi connectivity index (χ0v) is 8.87. The monoisotopic (exact) mass is 202 g/mol. The van der Waals surface area contributed by atoms with Crippen molar-refractivity contribution in [3.63, 3.8) is 0 Å². The first-order valence-corrected chi connectivity index (χ1v) is 4.58. The van der Waals surface area contributed by atoms with Crippen molar-refractivity contribution in [3.8, 4) is 0 Å². The molecule has 5 nitrogen and oxygen atoms in total. The fourth-order valence-corrected chi connectivity index (χ4v) is 1.08. The van der Waals surface area contributed by atoms with E-state index >= 15 is 0 Å². The lowest BCUT2D eigenvalue weighted by atomic mass is 10.0. The molecule has 0 aromatic carbocycles. The Labute approximate surface area is 84.0 Å². The molecule has 0 aliphatic rings. The van der Waals surface area contributed by atoms with Crippen LogP contribution in [0.2, 0.25) is 0 Å². The van der Waals surface area contributed by atoms with Gasteiger partial charge < -0.3 is 15.8 Å². The lowest BCUT2D eigenvalue weighted by molar-refractivity contribution is -0.145. The maximum Gasteiger partial charge on any atom is 0.328 e. The Morgan fingerprint density at radius 3 is 2.36 bits per heavy atom. The quantitative estimate of drug-likeness (QED) is 0.597. The minimum Gasteiger partial charge on any atom is -0.467 e. The zero-order chi connectivity index (χ0) is 11.1. The summed E-state index contributed by atoms with van der Waals surface area (Å²) in [6, 6.07) is -0.587. The highest BCUT2D eigenvalue weighted by atomic mass is 16.5. The van der Waals surface area contributed by atoms with E-state index in [1.54, 1.807) is 0 Å². The number of nitrogens with two attached hydrogens (primary N) is 1. The molecule has 0 saturated heterocycles. The van der Waals surface area contributed by atoms with E-state index in [2.05, 4.69) is 10.1 Å². The van der Waals surface area contributed by atoms with Gasteiger partial charge in [0.05, 0.1) is 13.7 Å². The summed E-state index contributed by atoms with van der Waals surface area (Å²) in [6.07, 6.45) is 0.554. The van der Waals surface area contributed by atoms with Gasteiger partial charge in [-0.05, 0) is 12.3 Å². The van der Waals surface area contributed by atoms with Crippen LogP contribution in [0.1, 0.15) is 20.3 Å². The Morgan fingerprint density at radius 2 is 2.00 bits per heavy atom. The third-order valence-electron chi connectivity index (χ3n) is 1.71. The van der Waals surface area contributed by atoms with E-state index in [0.29, 0.717) is 12.3 Å². The van der Waals surface area contributed by atoms with Crippen molar-refractivity contribution in [1.82, 2.24) is 5.32 Å². The van der Waals surface area contributed by atoms with E-state index in [1.165, 1.54) is 7.11 Å². The Hall–Kier alpha value is -1.10. The summed E-state index contributed by atoms with van der Waals surface area (Å²) >= 11 is 0. The molecule has 14 heavy (non-hydrogen) atoms. The predicted molar refractivity (Wildman–Crippen MR) is 52.5 cm³/mol. The summed E-state index contributed by atoms with van der Waals surface area (Å²) in [5.74, 6) is -0.473. The number of methoxy groups -OCH3 is 1. The number of hydrogen-bond acceptors (Lipinski definition) is 4. The van der Waals surface area contributed by atoms with Crippen LogP contribution < -0.4 is 11.1 Å². The van der Waals surface area contributed by atoms with Crippen LogP contribution >= 0.6 is 0 Å². The molecular weight excluding hydrogens is 184 g/mol. The van der Waals surface area contributed by atoms with Gasteiger partial charge in [-0.3, -0.25) is 4.79 Å². The van der Waals surface area contributed by atoms with Crippen molar-refractivity contribution in [2.75, 3.05) is 13.7 Å². The van der Waals surface area contributed by atoms with Gasteiger partial charge in [-0.2, -0.15) is 0 Å². The van der Waals surface area contributed by atoms with Crippen molar-refractivity contribution >= 4 is 11.9 Å². The first-order valence-electron chi connectivity index (χ1n) is 4.58. The van der Waals surface area contributed by atoms with Crippen LogP contribution in [0, 0.1) is 5.92 Å². The Morgan fingerprint density at radius 1 is 1.43 bits per heavy atom. The molecule has 0 radical (unpaired) electrons. The van der Waals surface area contributed by atoms with E-state index in [9.17, 15) is 9.59 Å². The molecule has 0 aliphatic heterocycles. The van der Waals surface area contributed by atoms with Crippen LogP contribution in [-0.2, 0) is 14.3 Å². The fraction of sp³-hybridized carbons (Fsp3) is 0.778. The van der Waals surface area contributed by atoms with E-state index in [0.717, 1.165) is 0 Å². The van der Waals surface area contributed by atoms with Gasteiger partial charge in [0.15, 0.2) is 0 Å². The van der Waals surface area contributed by atoms with Crippen LogP contribution in [0.15, 0.2) is 0 Å². The Bertz CT molecular complexity index is 204. The second kappa shape index (κ2) is 6.37. The fourth-order valence-electron chi connectivity index (χ4n) is 1.08. The van der Waals surface area contributed by atoms with E-state index in [4.69, 9.17) is 5.73 Å². The molecule has 0 heterocycles. The standard InChI is InChI=1S/C9H18N2O3/c1-6(2)4-7(9(13)14-3)11-8(12)5-10/h6-7H,4-5,10H2,1-3H3,(H,11,12)/t7-/m1/s1. The smallest absolute Gasteiger partial charge is 0.328 e. The normalized spacial score (nSPS) is 12.4. The number of esters is 1. The number of carbonyl (C=O) groups is 2. The van der Waals surface area contributed by atoms with Gasteiger partial charge >= 0.3 is 5.97 Å². The third-order valence-corrected chi connectivity index (χ3v) is 1.71. The maximum atomic E-state index is 11.2. The molecule has 0 saturated carbocycles. The lowest BCUT2D eigenvalue weighted by Crippen LogP contribution is -2.44. The molecule has 0 spiro atoms. The molecule has 0 aliphatic carbocycles. The summed E-state index contributed by atoms with van der Waals surface area (Å²) in [6.45, 7) is 3.81. The summed E-state index contributed by atoms with van der Waals surface area (Å²) in [4.78, 5) is 22.2. The van der Waals surface area contributed by atoms with Gasteiger partial charge in [0.25, 0.3) is 0 Å². The van der Waals surface area contributed by atoms with E-state index in [1.807, 2.05) is 13.8 Å². The van der Waals surface area contributed by atoms with Crippen LogP contribution in [-0.4, -0.2) is 31.6 Å². The van der Waals surface area contributed by atoms with Gasteiger partial charge in [-0.25, -0.2) is 4.79 Å². The number of amides is 1. The molecular formula is C9H18N2O3. The van der Waals surface area contributed by atoms with Gasteiger partial charge in [-0.1, -0.05) is 13.8 Å². The van der Waals surface area contributed by atoms with Crippen molar-refractivity contribution in [1.29, 1.82) is 0 Å². The van der Waals surface area contributed by atoms with E-state index in [-0.39, 0.29) is 12.5 Å². The van der Waals surface area contributed by atoms with E-state index < -0.39 is 12.0 Å². The minimum absolute atomic E-state index is 0.119. The average molecular weight is 202 g/mol. The molecule has 0 aromatic heterocycles. The van der Waals surface area contributed by atoms with Gasteiger partial charge in [0.2, 0.25) is 5.91 Å². The zero-order valence-electron chi connectivity index (χ0n) is 8.87. The summed E-state index contributed by atoms with van der Waals surface area (Å²) in [5.41, 5.74) is 5.13. The van der Waals surface area contributed by atoms with Gasteiger partial charge in [0.1, 0.15) is 6.04 Å². The number of nitrogens with one attached hydrogen (secondary N) is 1. The first kappa shape index (κ1) is 12.9. The van der Waals surface area contributed by atoms with Crippen molar-refractivity contribution in [3.05, 3.63) is 0 Å². The molecule has 0 rings (SSSR count). The van der Waals surface area contributed by atoms with Crippen molar-refractivity contribution in [2.24, 2.45) is 11.7 Å². The average Bonchev–Trinajstić information content (AvgIpc) is 2.14. The highest BCUT2D eigenvalue weighted by Crippen LogP contribution is 2.05. The molecule has 1 atom stereocenters. The molecule has 0 fully saturated rings. The third kappa shape index (κ3) is 4.81. The van der Waals surface area contributed by atoms with Crippen LogP contribution in [0.5, 0.6) is 0 Å². The SMILES string of the molecule is COC(=O)[C@@H](CC(C)C)NC(=O)CN. The largest absolute Gasteiger partial charge is 0.467 e. The summed E-state index contributed by atoms with van der Waals surface area (Å²) in [5, 5.41) is 2.51. The summed E-state index contributed by atoms with van der Waals surface area (Å²) < 4.78 is 4.56. The molecule has 0 unspecified atom stereocenters. The number of rotatable bonds is 5. The molecule has 5 heteroatoms. The van der Waals surface area contributed by atoms with Crippen LogP contribution in [0.4, 0.5) is 0 Å². The van der Waals surface area contributed by atoms with Crippen molar-refractivity contribution < 1.29 is 14.3 Å². The highest BCUT2D eigenvalue weighted by molar-refractivity contribution is 5.85. The first-order chi connectivity index (χ1) is 6.51. The number of carbonyl (C=O) groups excluding carboxylic acids is 2. The van der Waals surface area contributed by atoms with Crippen LogP contribution in [0.25, 0.3) is 0 Å². The lowest BCUT2D eigenvalue weighted by Gasteiger charge is -2.17. The molecule has 3 N–H and O–H groups in total. The molecule has 1 amide bonds. The summed E-state index contributed by atoms with van der Waals surface area (Å²) in [7, 11) is 1.30. The Balaban J connectivity index is 4.24. The van der Waals surface area contributed by atoms with Gasteiger partial charge in [0, 0.05) is 0 Å². The van der Waals surface area contributed by atoms with Crippen molar-refractivity contribution in [2.45, 2.75) is 26.3 Å². The molecule has 0 bridgehead atoms. The molecule has 82 valence electrons. The minimum atomic E-state index is -0.587. The van der Waals surface area contributed by atoms with Gasteiger partial charge in [-0.15, -0.1) is 0 Å². The number of ether oxygens (including phenoxy) is 1. The van der Waals surface area contributed by atoms with Crippen LogP contribution in [0.3, 0.4) is 0 Å².